The van der Waals surface area contributed by atoms with E-state index in [0.717, 1.165) is 30.4 Å². The molecule has 2 fully saturated rings. The second kappa shape index (κ2) is 17.2. The van der Waals surface area contributed by atoms with Gasteiger partial charge in [0.1, 0.15) is 12.3 Å². The summed E-state index contributed by atoms with van der Waals surface area (Å²) in [5.74, 6) is -3.01. The molecule has 4 amide bonds. The van der Waals surface area contributed by atoms with Crippen molar-refractivity contribution in [2.75, 3.05) is 71.1 Å². The van der Waals surface area contributed by atoms with Crippen LogP contribution in [0.25, 0.3) is 22.4 Å². The van der Waals surface area contributed by atoms with E-state index in [1.54, 1.807) is 42.2 Å². The first-order valence-corrected chi connectivity index (χ1v) is 20.0. The molecule has 5 aromatic rings. The number of carbonyl (C=O) groups excluding carboxylic acids is 4. The summed E-state index contributed by atoms with van der Waals surface area (Å²) in [4.78, 5) is 60.5. The molecule has 3 aromatic carbocycles. The van der Waals surface area contributed by atoms with Gasteiger partial charge in [0.05, 0.1) is 68.2 Å². The lowest BCUT2D eigenvalue weighted by molar-refractivity contribution is -0.895. The van der Waals surface area contributed by atoms with E-state index in [1.807, 2.05) is 4.90 Å². The minimum Gasteiger partial charge on any atom is -0.495 e. The molecule has 14 nitrogen and oxygen atoms in total. The smallest absolute Gasteiger partial charge is 0.291 e. The van der Waals surface area contributed by atoms with Gasteiger partial charge in [0.2, 0.25) is 11.8 Å². The standard InChI is InChI=1S/C43H46ClF2N9O5/c1-26-32(24-54(50-26)25-37(56)49-34-8-6-7-9-36(34)60-5)29-12-13-31(39(46)38(29)45)35-23-47-40(51(35)2)41(57)48-28-10-11-30(33(44)22-28)43(59)53-18-16-52(17-19-53)42(58)27-14-20-55(3,4)21-15-27/h6-13,22-24,27H,14-21,25H2,1-5H3,(H-,48,49,56,57,59)/p+1. The lowest BCUT2D eigenvalue weighted by Gasteiger charge is -2.40. The summed E-state index contributed by atoms with van der Waals surface area (Å²) in [5, 5.41) is 9.94. The van der Waals surface area contributed by atoms with E-state index >= 15 is 8.78 Å². The number of hydrogen-bond acceptors (Lipinski definition) is 7. The number of rotatable bonds is 10. The molecule has 0 bridgehead atoms. The summed E-state index contributed by atoms with van der Waals surface area (Å²) in [7, 11) is 7.36. The second-order valence-corrected chi connectivity index (χ2v) is 16.2. The highest BCUT2D eigenvalue weighted by molar-refractivity contribution is 6.34. The number of aryl methyl sites for hydroxylation is 1. The third-order valence-corrected chi connectivity index (χ3v) is 11.6. The van der Waals surface area contributed by atoms with Crippen molar-refractivity contribution in [1.82, 2.24) is 29.1 Å². The van der Waals surface area contributed by atoms with Gasteiger partial charge in [-0.05, 0) is 43.3 Å². The normalized spacial score (nSPS) is 15.5. The molecule has 60 heavy (non-hydrogen) atoms. The summed E-state index contributed by atoms with van der Waals surface area (Å²) in [6, 6.07) is 14.3. The summed E-state index contributed by atoms with van der Waals surface area (Å²) in [6.07, 6.45) is 4.47. The Kier molecular flexibility index (Phi) is 12.1. The molecule has 0 saturated carbocycles. The molecule has 2 N–H and O–H groups in total. The third-order valence-electron chi connectivity index (χ3n) is 11.3. The molecule has 0 atom stereocenters. The molecule has 7 rings (SSSR count). The number of nitrogens with zero attached hydrogens (tertiary/aromatic N) is 7. The van der Waals surface area contributed by atoms with Gasteiger partial charge in [-0.15, -0.1) is 0 Å². The summed E-state index contributed by atoms with van der Waals surface area (Å²) < 4.78 is 40.4. The van der Waals surface area contributed by atoms with Gasteiger partial charge in [0.25, 0.3) is 11.8 Å². The number of halogens is 3. The van der Waals surface area contributed by atoms with Crippen LogP contribution in [0.5, 0.6) is 5.75 Å². The number of piperazine rings is 1. The van der Waals surface area contributed by atoms with Crippen LogP contribution in [0, 0.1) is 24.5 Å². The SMILES string of the molecule is COc1ccccc1NC(=O)Cn1cc(-c2ccc(-c3cnc(C(=O)Nc4ccc(C(=O)N5CCN(C(=O)C6CC[N+](C)(C)CC6)CC5)c(Cl)c4)n3C)c(F)c2F)c(C)n1. The van der Waals surface area contributed by atoms with E-state index in [1.165, 1.54) is 60.1 Å². The van der Waals surface area contributed by atoms with Gasteiger partial charge in [-0.3, -0.25) is 23.9 Å². The predicted octanol–water partition coefficient (Wildman–Crippen LogP) is 5.86. The molecule has 2 saturated heterocycles. The highest BCUT2D eigenvalue weighted by Gasteiger charge is 2.35. The quantitative estimate of drug-likeness (QED) is 0.168. The van der Waals surface area contributed by atoms with Crippen molar-refractivity contribution >= 4 is 46.6 Å². The largest absolute Gasteiger partial charge is 0.495 e. The minimum atomic E-state index is -1.16. The number of carbonyl (C=O) groups is 4. The Morgan fingerprint density at radius 2 is 1.57 bits per heavy atom. The molecule has 0 radical (unpaired) electrons. The maximum Gasteiger partial charge on any atom is 0.291 e. The number of aromatic nitrogens is 4. The Bertz CT molecular complexity index is 2470. The lowest BCUT2D eigenvalue weighted by Crippen LogP contribution is -2.54. The van der Waals surface area contributed by atoms with Crippen LogP contribution in [0.2, 0.25) is 5.02 Å². The maximum atomic E-state index is 15.8. The molecule has 0 unspecified atom stereocenters. The number of hydrogen-bond donors (Lipinski definition) is 2. The van der Waals surface area contributed by atoms with Crippen molar-refractivity contribution in [3.8, 4) is 28.1 Å². The van der Waals surface area contributed by atoms with Gasteiger partial charge in [-0.25, -0.2) is 13.8 Å². The number of benzene rings is 3. The second-order valence-electron chi connectivity index (χ2n) is 15.8. The third kappa shape index (κ3) is 8.75. The lowest BCUT2D eigenvalue weighted by atomic mass is 9.94. The molecule has 2 aliphatic heterocycles. The molecule has 2 aliphatic rings. The van der Waals surface area contributed by atoms with Crippen LogP contribution in [0.4, 0.5) is 20.2 Å². The number of anilines is 2. The van der Waals surface area contributed by atoms with Gasteiger partial charge in [0, 0.05) is 80.6 Å². The number of piperidine rings is 1. The molecule has 0 spiro atoms. The first-order valence-electron chi connectivity index (χ1n) is 19.6. The maximum absolute atomic E-state index is 15.8. The fourth-order valence-electron chi connectivity index (χ4n) is 7.80. The van der Waals surface area contributed by atoms with Crippen LogP contribution in [0.1, 0.15) is 39.5 Å². The zero-order valence-electron chi connectivity index (χ0n) is 34.1. The Labute approximate surface area is 351 Å². The molecule has 4 heterocycles. The van der Waals surface area contributed by atoms with E-state index in [4.69, 9.17) is 16.3 Å². The number of quaternary nitrogens is 1. The first kappa shape index (κ1) is 42.0. The summed E-state index contributed by atoms with van der Waals surface area (Å²) >= 11 is 6.56. The van der Waals surface area contributed by atoms with Crippen molar-refractivity contribution < 1.29 is 37.2 Å². The van der Waals surface area contributed by atoms with Crippen molar-refractivity contribution in [1.29, 1.82) is 0 Å². The number of nitrogens with one attached hydrogen (secondary N) is 2. The molecule has 314 valence electrons. The zero-order chi connectivity index (χ0) is 42.9. The zero-order valence-corrected chi connectivity index (χ0v) is 34.9. The Hall–Kier alpha value is -6.13. The number of likely N-dealkylation sites (tertiary alicyclic amines) is 1. The Balaban J connectivity index is 0.974. The molecule has 17 heteroatoms. The van der Waals surface area contributed by atoms with Crippen LogP contribution < -0.4 is 15.4 Å². The number of imidazole rings is 1. The molecule has 2 aromatic heterocycles. The fraction of sp³-hybridized carbons (Fsp3) is 0.349. The van der Waals surface area contributed by atoms with Gasteiger partial charge >= 0.3 is 0 Å². The highest BCUT2D eigenvalue weighted by atomic mass is 35.5. The van der Waals surface area contributed by atoms with Gasteiger partial charge in [-0.1, -0.05) is 29.8 Å². The van der Waals surface area contributed by atoms with Crippen molar-refractivity contribution in [2.45, 2.75) is 26.3 Å². The van der Waals surface area contributed by atoms with Crippen LogP contribution in [0.3, 0.4) is 0 Å². The van der Waals surface area contributed by atoms with Gasteiger partial charge in [0.15, 0.2) is 17.5 Å². The average Bonchev–Trinajstić information content (AvgIpc) is 3.79. The number of ether oxygens (including phenoxy) is 1. The van der Waals surface area contributed by atoms with E-state index in [0.29, 0.717) is 54.6 Å². The van der Waals surface area contributed by atoms with Crippen LogP contribution in [0.15, 0.2) is 67.0 Å². The molecular weight excluding hydrogens is 796 g/mol. The predicted molar refractivity (Wildman–Crippen MR) is 223 cm³/mol. The Morgan fingerprint density at radius 1 is 0.900 bits per heavy atom. The van der Waals surface area contributed by atoms with Crippen LogP contribution >= 0.6 is 11.6 Å². The Morgan fingerprint density at radius 3 is 2.27 bits per heavy atom. The van der Waals surface area contributed by atoms with Crippen molar-refractivity contribution in [3.05, 3.63) is 101 Å². The monoisotopic (exact) mass is 842 g/mol. The van der Waals surface area contributed by atoms with Gasteiger partial charge in [-0.2, -0.15) is 5.10 Å². The fourth-order valence-corrected chi connectivity index (χ4v) is 8.06. The van der Waals surface area contributed by atoms with Crippen molar-refractivity contribution in [2.24, 2.45) is 13.0 Å². The van der Waals surface area contributed by atoms with E-state index in [2.05, 4.69) is 34.8 Å². The summed E-state index contributed by atoms with van der Waals surface area (Å²) in [6.45, 7) is 5.07. The van der Waals surface area contributed by atoms with E-state index in [-0.39, 0.29) is 57.5 Å². The number of methoxy groups -OCH3 is 1. The van der Waals surface area contributed by atoms with E-state index < -0.39 is 23.4 Å². The average molecular weight is 843 g/mol. The summed E-state index contributed by atoms with van der Waals surface area (Å²) in [5.41, 5.74) is 1.69. The first-order chi connectivity index (χ1) is 28.6. The highest BCUT2D eigenvalue weighted by Crippen LogP contribution is 2.34. The number of amides is 4. The van der Waals surface area contributed by atoms with Crippen LogP contribution in [-0.2, 0) is 23.2 Å². The minimum absolute atomic E-state index is 0.0254. The van der Waals surface area contributed by atoms with Gasteiger partial charge < -0.3 is 34.2 Å². The van der Waals surface area contributed by atoms with E-state index in [9.17, 15) is 19.2 Å². The molecular formula is C43H47ClF2N9O5+. The molecule has 0 aliphatic carbocycles. The van der Waals surface area contributed by atoms with Crippen molar-refractivity contribution in [3.63, 3.8) is 0 Å². The topological polar surface area (TPSA) is 144 Å². The van der Waals surface area contributed by atoms with Crippen LogP contribution in [-0.4, -0.2) is 118 Å². The number of para-hydroxylation sites is 2.